The minimum atomic E-state index is -0.271. The number of hydrogen-bond acceptors (Lipinski definition) is 4. The number of aromatic nitrogens is 1. The predicted molar refractivity (Wildman–Crippen MR) is 35.5 cm³/mol. The topological polar surface area (TPSA) is 105 Å². The number of nitrogens with zero attached hydrogens (tertiary/aromatic N) is 2. The quantitative estimate of drug-likeness (QED) is 0.442. The maximum absolute atomic E-state index is 9.05. The number of amidine groups is 1. The van der Waals surface area contributed by atoms with E-state index in [1.807, 2.05) is 0 Å². The Balaban J connectivity index is 2.77. The number of aromatic hydroxyl groups is 2. The maximum Gasteiger partial charge on any atom is 0.220 e. The van der Waals surface area contributed by atoms with Crippen molar-refractivity contribution in [2.24, 2.45) is 10.2 Å². The van der Waals surface area contributed by atoms with Gasteiger partial charge in [-0.2, -0.15) is 0 Å². The predicted octanol–water partition coefficient (Wildman–Crippen LogP) is 0.849. The smallest absolute Gasteiger partial charge is 0.220 e. The summed E-state index contributed by atoms with van der Waals surface area (Å²) in [7, 11) is 0. The third-order valence-electron chi connectivity index (χ3n) is 1.42. The second kappa shape index (κ2) is 1.60. The average Bonchev–Trinajstić information content (AvgIpc) is 2.41. The van der Waals surface area contributed by atoms with Crippen molar-refractivity contribution >= 4 is 11.5 Å². The molecule has 0 aliphatic carbocycles. The van der Waals surface area contributed by atoms with Gasteiger partial charge < -0.3 is 10.2 Å². The lowest BCUT2D eigenvalue weighted by atomic mass is 10.3. The molecule has 0 bridgehead atoms. The molecule has 0 fully saturated rings. The van der Waals surface area contributed by atoms with Crippen molar-refractivity contribution in [3.05, 3.63) is 5.56 Å². The van der Waals surface area contributed by atoms with Crippen molar-refractivity contribution in [1.82, 2.24) is 4.98 Å². The lowest BCUT2D eigenvalue weighted by molar-refractivity contribution is 0.425. The first-order valence-electron chi connectivity index (χ1n) is 2.84. The van der Waals surface area contributed by atoms with Crippen LogP contribution in [-0.2, 0) is 0 Å². The van der Waals surface area contributed by atoms with Crippen LogP contribution in [0.15, 0.2) is 10.2 Å². The van der Waals surface area contributed by atoms with E-state index in [9.17, 15) is 0 Å². The van der Waals surface area contributed by atoms with Gasteiger partial charge in [0, 0.05) is 0 Å². The Morgan fingerprint density at radius 2 is 1.91 bits per heavy atom. The van der Waals surface area contributed by atoms with Gasteiger partial charge in [-0.05, 0) is 0 Å². The van der Waals surface area contributed by atoms with Crippen LogP contribution in [0.3, 0.4) is 0 Å². The van der Waals surface area contributed by atoms with Gasteiger partial charge in [-0.25, -0.2) is 0 Å². The minimum absolute atomic E-state index is 0.132. The van der Waals surface area contributed by atoms with Crippen LogP contribution < -0.4 is 0 Å². The maximum atomic E-state index is 9.05. The molecule has 1 aliphatic heterocycles. The summed E-state index contributed by atoms with van der Waals surface area (Å²) in [5, 5.41) is 32.0. The second-order valence-corrected chi connectivity index (χ2v) is 2.09. The molecule has 0 amide bonds. The molecule has 0 saturated carbocycles. The molecular weight excluding hydrogens is 148 g/mol. The number of fused-ring (bicyclic) bond motifs is 1. The molecule has 1 aliphatic rings. The van der Waals surface area contributed by atoms with E-state index >= 15 is 0 Å². The zero-order chi connectivity index (χ0) is 8.01. The average molecular weight is 152 g/mol. The summed E-state index contributed by atoms with van der Waals surface area (Å²) in [5.41, 5.74) is 0.287. The summed E-state index contributed by atoms with van der Waals surface area (Å²) in [6, 6.07) is 0. The molecule has 1 aromatic heterocycles. The van der Waals surface area contributed by atoms with Gasteiger partial charge in [0.2, 0.25) is 11.8 Å². The molecule has 56 valence electrons. The van der Waals surface area contributed by atoms with E-state index in [4.69, 9.17) is 15.6 Å². The van der Waals surface area contributed by atoms with Crippen LogP contribution in [0.1, 0.15) is 5.56 Å². The fourth-order valence-corrected chi connectivity index (χ4v) is 0.936. The van der Waals surface area contributed by atoms with Crippen molar-refractivity contribution in [2.45, 2.75) is 0 Å². The van der Waals surface area contributed by atoms with Crippen molar-refractivity contribution in [3.8, 4) is 11.8 Å². The molecule has 6 nitrogen and oxygen atoms in total. The van der Waals surface area contributed by atoms with E-state index < -0.39 is 0 Å². The summed E-state index contributed by atoms with van der Waals surface area (Å²) < 4.78 is 0. The minimum Gasteiger partial charge on any atom is -0.494 e. The largest absolute Gasteiger partial charge is 0.494 e. The van der Waals surface area contributed by atoms with Crippen molar-refractivity contribution in [2.75, 3.05) is 0 Å². The standard InChI is InChI=1S/C5H4N4O2/c6-3-1-2(8-9-3)5(11)7-4(1)10/h6-7,10-11H. The highest BCUT2D eigenvalue weighted by molar-refractivity contribution is 6.06. The summed E-state index contributed by atoms with van der Waals surface area (Å²) in [5.74, 6) is -0.676. The van der Waals surface area contributed by atoms with Crippen LogP contribution in [0.2, 0.25) is 0 Å². The molecular formula is C5H4N4O2. The van der Waals surface area contributed by atoms with E-state index in [0.717, 1.165) is 0 Å². The highest BCUT2D eigenvalue weighted by atomic mass is 16.3. The zero-order valence-electron chi connectivity index (χ0n) is 5.29. The molecule has 0 aromatic carbocycles. The van der Waals surface area contributed by atoms with E-state index in [1.54, 1.807) is 0 Å². The van der Waals surface area contributed by atoms with Crippen molar-refractivity contribution < 1.29 is 10.2 Å². The molecule has 6 heteroatoms. The molecule has 4 N–H and O–H groups in total. The zero-order valence-corrected chi connectivity index (χ0v) is 5.29. The molecule has 0 saturated heterocycles. The second-order valence-electron chi connectivity index (χ2n) is 2.09. The van der Waals surface area contributed by atoms with Gasteiger partial charge in [0.15, 0.2) is 11.5 Å². The third-order valence-corrected chi connectivity index (χ3v) is 1.42. The van der Waals surface area contributed by atoms with Gasteiger partial charge in [-0.1, -0.05) is 0 Å². The van der Waals surface area contributed by atoms with E-state index in [1.165, 1.54) is 0 Å². The first kappa shape index (κ1) is 5.90. The van der Waals surface area contributed by atoms with E-state index in [2.05, 4.69) is 15.2 Å². The first-order chi connectivity index (χ1) is 5.20. The number of aromatic amines is 1. The van der Waals surface area contributed by atoms with Gasteiger partial charge in [-0.15, -0.1) is 10.2 Å². The van der Waals surface area contributed by atoms with Crippen molar-refractivity contribution in [1.29, 1.82) is 5.41 Å². The van der Waals surface area contributed by atoms with E-state index in [0.29, 0.717) is 0 Å². The Morgan fingerprint density at radius 1 is 1.18 bits per heavy atom. The fraction of sp³-hybridized carbons (Fsp3) is 0. The Kier molecular flexibility index (Phi) is 0.857. The fourth-order valence-electron chi connectivity index (χ4n) is 0.936. The lowest BCUT2D eigenvalue weighted by Gasteiger charge is -1.85. The Bertz CT molecular complexity index is 365. The Labute approximate surface area is 60.7 Å². The summed E-state index contributed by atoms with van der Waals surface area (Å²) in [6.45, 7) is 0. The molecule has 0 atom stereocenters. The molecule has 0 unspecified atom stereocenters. The highest BCUT2D eigenvalue weighted by Gasteiger charge is 2.25. The van der Waals surface area contributed by atoms with Gasteiger partial charge in [0.25, 0.3) is 0 Å². The normalized spacial score (nSPS) is 14.0. The highest BCUT2D eigenvalue weighted by Crippen LogP contribution is 2.40. The number of rotatable bonds is 0. The number of hydrogen-bond donors (Lipinski definition) is 4. The van der Waals surface area contributed by atoms with Crippen LogP contribution in [0, 0.1) is 5.41 Å². The van der Waals surface area contributed by atoms with Crippen LogP contribution in [0.5, 0.6) is 11.8 Å². The van der Waals surface area contributed by atoms with Crippen LogP contribution in [0.25, 0.3) is 0 Å². The molecule has 1 aromatic rings. The number of H-pyrrole nitrogens is 1. The third kappa shape index (κ3) is 0.575. The SMILES string of the molecule is N=C1N=Nc2c(O)[nH]c(O)c21. The monoisotopic (exact) mass is 152 g/mol. The first-order valence-corrected chi connectivity index (χ1v) is 2.84. The molecule has 0 radical (unpaired) electrons. The molecule has 11 heavy (non-hydrogen) atoms. The number of nitrogens with one attached hydrogen (secondary N) is 2. The van der Waals surface area contributed by atoms with Gasteiger partial charge in [-0.3, -0.25) is 10.4 Å². The summed E-state index contributed by atoms with van der Waals surface area (Å²) in [6.07, 6.45) is 0. The summed E-state index contributed by atoms with van der Waals surface area (Å²) >= 11 is 0. The van der Waals surface area contributed by atoms with Gasteiger partial charge in [0.1, 0.15) is 5.56 Å². The van der Waals surface area contributed by atoms with Gasteiger partial charge in [0.05, 0.1) is 0 Å². The molecule has 2 heterocycles. The van der Waals surface area contributed by atoms with Crippen LogP contribution in [0.4, 0.5) is 5.69 Å². The molecule has 0 spiro atoms. The lowest BCUT2D eigenvalue weighted by Crippen LogP contribution is -1.86. The molecule has 2 rings (SSSR count). The number of azo groups is 1. The summed E-state index contributed by atoms with van der Waals surface area (Å²) in [4.78, 5) is 2.22. The van der Waals surface area contributed by atoms with Crippen LogP contribution >= 0.6 is 0 Å². The Morgan fingerprint density at radius 3 is 2.55 bits per heavy atom. The Hall–Kier alpha value is -1.85. The van der Waals surface area contributed by atoms with Crippen molar-refractivity contribution in [3.63, 3.8) is 0 Å². The van der Waals surface area contributed by atoms with E-state index in [-0.39, 0.29) is 28.8 Å². The van der Waals surface area contributed by atoms with Gasteiger partial charge >= 0.3 is 0 Å². The van der Waals surface area contributed by atoms with Crippen LogP contribution in [-0.4, -0.2) is 21.0 Å².